The molecule has 0 unspecified atom stereocenters. The van der Waals surface area contributed by atoms with Gasteiger partial charge in [0.2, 0.25) is 0 Å². The lowest BCUT2D eigenvalue weighted by atomic mass is 9.93. The number of ether oxygens (including phenoxy) is 2. The number of likely N-dealkylation sites (tertiary alicyclic amines) is 1. The van der Waals surface area contributed by atoms with Crippen LogP contribution in [-0.2, 0) is 19.1 Å². The van der Waals surface area contributed by atoms with Crippen molar-refractivity contribution in [3.05, 3.63) is 11.1 Å². The number of cyclic esters (lactones) is 2. The summed E-state index contributed by atoms with van der Waals surface area (Å²) < 4.78 is 10.1. The predicted molar refractivity (Wildman–Crippen MR) is 66.7 cm³/mol. The van der Waals surface area contributed by atoms with Gasteiger partial charge < -0.3 is 19.5 Å². The Hall–Kier alpha value is -2.05. The van der Waals surface area contributed by atoms with E-state index >= 15 is 0 Å². The van der Waals surface area contributed by atoms with Gasteiger partial charge in [-0.25, -0.2) is 14.4 Å². The number of rotatable bonds is 0. The number of hydrogen-bond acceptors (Lipinski definition) is 5. The summed E-state index contributed by atoms with van der Waals surface area (Å²) in [7, 11) is 0. The number of esters is 2. The van der Waals surface area contributed by atoms with Gasteiger partial charge in [-0.1, -0.05) is 0 Å². The van der Waals surface area contributed by atoms with Crippen molar-refractivity contribution in [2.45, 2.75) is 45.4 Å². The van der Waals surface area contributed by atoms with Gasteiger partial charge in [0.05, 0.1) is 0 Å². The first-order chi connectivity index (χ1) is 9.21. The van der Waals surface area contributed by atoms with E-state index in [9.17, 15) is 14.4 Å². The minimum atomic E-state index is -1.26. The van der Waals surface area contributed by atoms with Crippen molar-refractivity contribution in [3.63, 3.8) is 0 Å². The Balaban J connectivity index is 2.24. The first kappa shape index (κ1) is 14.4. The van der Waals surface area contributed by atoms with Gasteiger partial charge in [-0.15, -0.1) is 0 Å². The summed E-state index contributed by atoms with van der Waals surface area (Å²) >= 11 is 0. The second-order valence-electron chi connectivity index (χ2n) is 5.44. The third-order valence-corrected chi connectivity index (χ3v) is 3.41. The molecule has 1 N–H and O–H groups in total. The van der Waals surface area contributed by atoms with E-state index in [1.807, 2.05) is 0 Å². The number of carbonyl (C=O) groups is 3. The number of hydrogen-bond donors (Lipinski definition) is 1. The molecule has 2 aliphatic heterocycles. The van der Waals surface area contributed by atoms with Crippen LogP contribution in [0.5, 0.6) is 0 Å². The molecule has 110 valence electrons. The van der Waals surface area contributed by atoms with E-state index in [2.05, 4.69) is 0 Å². The SMILES string of the molecule is C[C@H]1CC(=C2C(=O)OC(C)(C)OC2=O)CCN1C(=O)O. The third-order valence-electron chi connectivity index (χ3n) is 3.41. The van der Waals surface area contributed by atoms with Crippen LogP contribution in [0, 0.1) is 0 Å². The fraction of sp³-hybridized carbons (Fsp3) is 0.615. The summed E-state index contributed by atoms with van der Waals surface area (Å²) in [5, 5.41) is 9.00. The molecule has 0 spiro atoms. The fourth-order valence-electron chi connectivity index (χ4n) is 2.50. The zero-order valence-electron chi connectivity index (χ0n) is 11.6. The Kier molecular flexibility index (Phi) is 3.45. The van der Waals surface area contributed by atoms with Crippen molar-refractivity contribution in [2.24, 2.45) is 0 Å². The van der Waals surface area contributed by atoms with E-state index in [1.165, 1.54) is 18.7 Å². The van der Waals surface area contributed by atoms with Crippen molar-refractivity contribution in [1.29, 1.82) is 0 Å². The first-order valence-corrected chi connectivity index (χ1v) is 6.39. The average molecular weight is 283 g/mol. The van der Waals surface area contributed by atoms with Crippen LogP contribution in [0.15, 0.2) is 11.1 Å². The average Bonchev–Trinajstić information content (AvgIpc) is 2.25. The molecule has 2 aliphatic rings. The van der Waals surface area contributed by atoms with Gasteiger partial charge in [-0.3, -0.25) is 0 Å². The Bertz CT molecular complexity index is 485. The number of amides is 1. The van der Waals surface area contributed by atoms with Gasteiger partial charge in [0.1, 0.15) is 5.57 Å². The Morgan fingerprint density at radius 1 is 1.30 bits per heavy atom. The van der Waals surface area contributed by atoms with Crippen molar-refractivity contribution in [1.82, 2.24) is 4.90 Å². The molecule has 20 heavy (non-hydrogen) atoms. The molecule has 1 atom stereocenters. The van der Waals surface area contributed by atoms with E-state index in [0.717, 1.165) is 0 Å². The largest absolute Gasteiger partial charge is 0.465 e. The number of piperidine rings is 1. The third kappa shape index (κ3) is 2.61. The maximum atomic E-state index is 11.9. The van der Waals surface area contributed by atoms with Crippen LogP contribution >= 0.6 is 0 Å². The lowest BCUT2D eigenvalue weighted by molar-refractivity contribution is -0.222. The number of carboxylic acid groups (broad SMARTS) is 1. The van der Waals surface area contributed by atoms with Gasteiger partial charge in [-0.2, -0.15) is 0 Å². The van der Waals surface area contributed by atoms with E-state index in [1.54, 1.807) is 6.92 Å². The zero-order chi connectivity index (χ0) is 15.1. The van der Waals surface area contributed by atoms with E-state index in [4.69, 9.17) is 14.6 Å². The van der Waals surface area contributed by atoms with Crippen LogP contribution in [-0.4, -0.2) is 46.4 Å². The van der Waals surface area contributed by atoms with Crippen molar-refractivity contribution >= 4 is 18.0 Å². The maximum Gasteiger partial charge on any atom is 0.407 e. The molecule has 0 aromatic carbocycles. The summed E-state index contributed by atoms with van der Waals surface area (Å²) in [6.07, 6.45) is -0.348. The number of nitrogens with zero attached hydrogens (tertiary/aromatic N) is 1. The molecule has 0 bridgehead atoms. The van der Waals surface area contributed by atoms with Crippen LogP contribution in [0.2, 0.25) is 0 Å². The van der Waals surface area contributed by atoms with Crippen molar-refractivity contribution < 1.29 is 29.0 Å². The van der Waals surface area contributed by atoms with Crippen LogP contribution in [0.25, 0.3) is 0 Å². The molecule has 0 saturated carbocycles. The van der Waals surface area contributed by atoms with Crippen molar-refractivity contribution in [2.75, 3.05) is 6.54 Å². The fourth-order valence-corrected chi connectivity index (χ4v) is 2.50. The van der Waals surface area contributed by atoms with Gasteiger partial charge in [0.15, 0.2) is 0 Å². The molecule has 2 rings (SSSR count). The predicted octanol–water partition coefficient (Wildman–Crippen LogP) is 1.28. The van der Waals surface area contributed by atoms with Gasteiger partial charge in [0.25, 0.3) is 5.79 Å². The molecule has 1 amide bonds. The second-order valence-corrected chi connectivity index (χ2v) is 5.44. The lowest BCUT2D eigenvalue weighted by Gasteiger charge is -2.35. The van der Waals surface area contributed by atoms with Crippen LogP contribution < -0.4 is 0 Å². The van der Waals surface area contributed by atoms with E-state index < -0.39 is 23.8 Å². The molecular formula is C13H17NO6. The molecule has 2 fully saturated rings. The standard InChI is InChI=1S/C13H17NO6/c1-7-6-8(4-5-14(7)12(17)18)9-10(15)19-13(2,3)20-11(9)16/h7H,4-6H2,1-3H3,(H,17,18)/t7-/m0/s1. The summed E-state index contributed by atoms with van der Waals surface area (Å²) in [4.78, 5) is 36.1. The molecule has 0 aliphatic carbocycles. The van der Waals surface area contributed by atoms with E-state index in [0.29, 0.717) is 18.4 Å². The molecular weight excluding hydrogens is 266 g/mol. The minimum Gasteiger partial charge on any atom is -0.465 e. The number of carbonyl (C=O) groups excluding carboxylic acids is 2. The monoisotopic (exact) mass is 283 g/mol. The summed E-state index contributed by atoms with van der Waals surface area (Å²) in [6, 6.07) is -0.292. The van der Waals surface area contributed by atoms with Crippen LogP contribution in [0.4, 0.5) is 4.79 Å². The van der Waals surface area contributed by atoms with Crippen molar-refractivity contribution in [3.8, 4) is 0 Å². The molecule has 2 heterocycles. The van der Waals surface area contributed by atoms with Crippen LogP contribution in [0.3, 0.4) is 0 Å². The Morgan fingerprint density at radius 2 is 1.85 bits per heavy atom. The van der Waals surface area contributed by atoms with Crippen LogP contribution in [0.1, 0.15) is 33.6 Å². The summed E-state index contributed by atoms with van der Waals surface area (Å²) in [5.74, 6) is -2.65. The second kappa shape index (κ2) is 4.81. The molecule has 0 radical (unpaired) electrons. The summed E-state index contributed by atoms with van der Waals surface area (Å²) in [5.41, 5.74) is 0.515. The minimum absolute atomic E-state index is 0.0822. The topological polar surface area (TPSA) is 93.1 Å². The van der Waals surface area contributed by atoms with Gasteiger partial charge in [0, 0.05) is 26.4 Å². The quantitative estimate of drug-likeness (QED) is 0.409. The maximum absolute atomic E-state index is 11.9. The highest BCUT2D eigenvalue weighted by Gasteiger charge is 2.41. The highest BCUT2D eigenvalue weighted by molar-refractivity contribution is 6.16. The van der Waals surface area contributed by atoms with Gasteiger partial charge in [-0.05, 0) is 25.3 Å². The lowest BCUT2D eigenvalue weighted by Crippen LogP contribution is -2.45. The van der Waals surface area contributed by atoms with E-state index in [-0.39, 0.29) is 18.2 Å². The zero-order valence-corrected chi connectivity index (χ0v) is 11.6. The molecule has 2 saturated heterocycles. The smallest absolute Gasteiger partial charge is 0.407 e. The molecule has 7 heteroatoms. The highest BCUT2D eigenvalue weighted by atomic mass is 16.7. The molecule has 7 nitrogen and oxygen atoms in total. The molecule has 0 aromatic rings. The Morgan fingerprint density at radius 3 is 2.30 bits per heavy atom. The highest BCUT2D eigenvalue weighted by Crippen LogP contribution is 2.30. The summed E-state index contributed by atoms with van der Waals surface area (Å²) in [6.45, 7) is 4.95. The van der Waals surface area contributed by atoms with Gasteiger partial charge >= 0.3 is 18.0 Å². The molecule has 0 aromatic heterocycles. The Labute approximate surface area is 116 Å². The normalized spacial score (nSPS) is 26.1. The first-order valence-electron chi connectivity index (χ1n) is 6.39.